The summed E-state index contributed by atoms with van der Waals surface area (Å²) in [5.74, 6) is -0.463. The number of rotatable bonds is 25. The maximum Gasteiger partial charge on any atom is 0.305 e. The molecule has 0 aromatic rings. The molecule has 4 atom stereocenters. The van der Waals surface area contributed by atoms with Crippen LogP contribution in [0.2, 0.25) is 0 Å². The van der Waals surface area contributed by atoms with E-state index in [2.05, 4.69) is 19.1 Å². The number of carbonyl (C=O) groups excluding carboxylic acids is 1. The van der Waals surface area contributed by atoms with Crippen molar-refractivity contribution in [3.8, 4) is 0 Å². The number of aliphatic hydroxyl groups excluding tert-OH is 5. The Labute approximate surface area is 213 Å². The number of hydrogen-bond donors (Lipinski definition) is 5. The van der Waals surface area contributed by atoms with Crippen LogP contribution in [0.15, 0.2) is 12.2 Å². The Bertz CT molecular complexity index is 498. The molecule has 0 aromatic carbocycles. The summed E-state index contributed by atoms with van der Waals surface area (Å²) < 4.78 is 4.92. The Balaban J connectivity index is 3.44. The van der Waals surface area contributed by atoms with Crippen molar-refractivity contribution in [1.29, 1.82) is 0 Å². The Morgan fingerprint density at radius 2 is 1.09 bits per heavy atom. The predicted octanol–water partition coefficient (Wildman–Crippen LogP) is 4.56. The molecule has 7 heteroatoms. The number of ether oxygens (including phenoxy) is 1. The molecular weight excluding hydrogens is 448 g/mol. The minimum absolute atomic E-state index is 0.247. The molecule has 0 rings (SSSR count). The van der Waals surface area contributed by atoms with Gasteiger partial charge in [0.05, 0.1) is 6.61 Å². The average Bonchev–Trinajstić information content (AvgIpc) is 2.87. The van der Waals surface area contributed by atoms with Gasteiger partial charge in [-0.3, -0.25) is 4.79 Å². The lowest BCUT2D eigenvalue weighted by Gasteiger charge is -2.25. The Kier molecular flexibility index (Phi) is 24.0. The van der Waals surface area contributed by atoms with Gasteiger partial charge in [-0.2, -0.15) is 0 Å². The molecular formula is C28H54O7. The number of allylic oxidation sites excluding steroid dienone is 2. The molecule has 35 heavy (non-hydrogen) atoms. The van der Waals surface area contributed by atoms with Crippen LogP contribution in [0.1, 0.15) is 122 Å². The first kappa shape index (κ1) is 34.0. The molecule has 0 aliphatic heterocycles. The third kappa shape index (κ3) is 20.9. The van der Waals surface area contributed by atoms with Crippen LogP contribution in [-0.4, -0.2) is 69.1 Å². The van der Waals surface area contributed by atoms with Gasteiger partial charge >= 0.3 is 5.97 Å². The molecule has 0 radical (unpaired) electrons. The molecule has 208 valence electrons. The second kappa shape index (κ2) is 24.7. The van der Waals surface area contributed by atoms with Crippen LogP contribution in [-0.2, 0) is 9.53 Å². The summed E-state index contributed by atoms with van der Waals surface area (Å²) in [5.41, 5.74) is 0. The SMILES string of the molecule is CCCCCCCCC=CCCCCCCCCCCCC(=O)OC[C@H](O)[C@@H](O)[C@H](O)[C@H](O)CO. The van der Waals surface area contributed by atoms with Crippen LogP contribution in [0.25, 0.3) is 0 Å². The molecule has 0 saturated heterocycles. The van der Waals surface area contributed by atoms with Crippen molar-refractivity contribution in [3.05, 3.63) is 12.2 Å². The molecule has 0 bridgehead atoms. The van der Waals surface area contributed by atoms with Crippen LogP contribution < -0.4 is 0 Å². The van der Waals surface area contributed by atoms with Crippen molar-refractivity contribution < 1.29 is 35.1 Å². The van der Waals surface area contributed by atoms with Gasteiger partial charge in [0.1, 0.15) is 31.0 Å². The summed E-state index contributed by atoms with van der Waals surface area (Å²) >= 11 is 0. The zero-order valence-electron chi connectivity index (χ0n) is 22.2. The standard InChI is InChI=1S/C28H54O7/c1-2-3-4-5-6-7-8-9-10-11-12-13-14-15-16-17-18-19-20-21-26(32)35-23-25(31)28(34)27(33)24(30)22-29/h9-10,24-25,27-31,33-34H,2-8,11-23H2,1H3/t24-,25+,27-,28-/m1/s1. The van der Waals surface area contributed by atoms with Crippen molar-refractivity contribution in [2.24, 2.45) is 0 Å². The Morgan fingerprint density at radius 3 is 1.57 bits per heavy atom. The van der Waals surface area contributed by atoms with E-state index in [4.69, 9.17) is 9.84 Å². The highest BCUT2D eigenvalue weighted by Crippen LogP contribution is 2.13. The van der Waals surface area contributed by atoms with Crippen molar-refractivity contribution in [1.82, 2.24) is 0 Å². The van der Waals surface area contributed by atoms with Crippen LogP contribution in [0.5, 0.6) is 0 Å². The molecule has 5 N–H and O–H groups in total. The van der Waals surface area contributed by atoms with Crippen LogP contribution in [0.4, 0.5) is 0 Å². The maximum atomic E-state index is 11.7. The molecule has 0 aromatic heterocycles. The number of hydrogen-bond acceptors (Lipinski definition) is 7. The van der Waals surface area contributed by atoms with E-state index in [9.17, 15) is 25.2 Å². The van der Waals surface area contributed by atoms with E-state index in [-0.39, 0.29) is 6.42 Å². The van der Waals surface area contributed by atoms with Gasteiger partial charge in [0.15, 0.2) is 0 Å². The zero-order chi connectivity index (χ0) is 26.2. The first-order valence-corrected chi connectivity index (χ1v) is 14.1. The average molecular weight is 503 g/mol. The lowest BCUT2D eigenvalue weighted by Crippen LogP contribution is -2.47. The molecule has 0 spiro atoms. The van der Waals surface area contributed by atoms with Gasteiger partial charge in [-0.15, -0.1) is 0 Å². The fourth-order valence-corrected chi connectivity index (χ4v) is 3.96. The third-order valence-corrected chi connectivity index (χ3v) is 6.38. The highest BCUT2D eigenvalue weighted by Gasteiger charge is 2.30. The molecule has 0 aliphatic rings. The molecule has 0 fully saturated rings. The normalized spacial score (nSPS) is 15.3. The van der Waals surface area contributed by atoms with Gasteiger partial charge in [0.2, 0.25) is 0 Å². The van der Waals surface area contributed by atoms with E-state index in [1.807, 2.05) is 0 Å². The van der Waals surface area contributed by atoms with Gasteiger partial charge < -0.3 is 30.3 Å². The second-order valence-electron chi connectivity index (χ2n) is 9.73. The Morgan fingerprint density at radius 1 is 0.657 bits per heavy atom. The molecule has 0 amide bonds. The van der Waals surface area contributed by atoms with Gasteiger partial charge in [-0.1, -0.05) is 96.1 Å². The largest absolute Gasteiger partial charge is 0.463 e. The molecule has 7 nitrogen and oxygen atoms in total. The van der Waals surface area contributed by atoms with Crippen LogP contribution in [0.3, 0.4) is 0 Å². The summed E-state index contributed by atoms with van der Waals surface area (Å²) in [6, 6.07) is 0. The summed E-state index contributed by atoms with van der Waals surface area (Å²) in [7, 11) is 0. The fraction of sp³-hybridized carbons (Fsp3) is 0.893. The van der Waals surface area contributed by atoms with E-state index in [0.717, 1.165) is 12.8 Å². The van der Waals surface area contributed by atoms with Gasteiger partial charge in [-0.25, -0.2) is 0 Å². The lowest BCUT2D eigenvalue weighted by molar-refractivity contribution is -0.156. The summed E-state index contributed by atoms with van der Waals surface area (Å²) in [4.78, 5) is 11.7. The molecule has 0 unspecified atom stereocenters. The molecule has 0 aliphatic carbocycles. The fourth-order valence-electron chi connectivity index (χ4n) is 3.96. The lowest BCUT2D eigenvalue weighted by atomic mass is 10.0. The topological polar surface area (TPSA) is 127 Å². The minimum atomic E-state index is -1.72. The maximum absolute atomic E-state index is 11.7. The number of unbranched alkanes of at least 4 members (excludes halogenated alkanes) is 15. The van der Waals surface area contributed by atoms with E-state index >= 15 is 0 Å². The van der Waals surface area contributed by atoms with E-state index in [1.54, 1.807) is 0 Å². The quantitative estimate of drug-likeness (QED) is 0.0703. The van der Waals surface area contributed by atoms with Crippen LogP contribution in [0, 0.1) is 0 Å². The highest BCUT2D eigenvalue weighted by atomic mass is 16.5. The van der Waals surface area contributed by atoms with Crippen LogP contribution >= 0.6 is 0 Å². The highest BCUT2D eigenvalue weighted by molar-refractivity contribution is 5.69. The summed E-state index contributed by atoms with van der Waals surface area (Å²) in [6.07, 6.45) is 19.3. The Hall–Kier alpha value is -0.990. The zero-order valence-corrected chi connectivity index (χ0v) is 22.2. The smallest absolute Gasteiger partial charge is 0.305 e. The summed E-state index contributed by atoms with van der Waals surface area (Å²) in [5, 5.41) is 47.0. The monoisotopic (exact) mass is 502 g/mol. The number of carbonyl (C=O) groups is 1. The van der Waals surface area contributed by atoms with Crippen molar-refractivity contribution in [2.45, 2.75) is 147 Å². The van der Waals surface area contributed by atoms with Gasteiger partial charge in [0, 0.05) is 6.42 Å². The van der Waals surface area contributed by atoms with Gasteiger partial charge in [-0.05, 0) is 32.1 Å². The summed E-state index contributed by atoms with van der Waals surface area (Å²) in [6.45, 7) is 1.04. The first-order valence-electron chi connectivity index (χ1n) is 14.1. The molecule has 0 heterocycles. The molecule has 0 saturated carbocycles. The van der Waals surface area contributed by atoms with E-state index < -0.39 is 43.6 Å². The number of aliphatic hydroxyl groups is 5. The third-order valence-electron chi connectivity index (χ3n) is 6.38. The minimum Gasteiger partial charge on any atom is -0.463 e. The predicted molar refractivity (Wildman–Crippen MR) is 140 cm³/mol. The van der Waals surface area contributed by atoms with Crippen molar-refractivity contribution in [3.63, 3.8) is 0 Å². The van der Waals surface area contributed by atoms with Gasteiger partial charge in [0.25, 0.3) is 0 Å². The second-order valence-corrected chi connectivity index (χ2v) is 9.73. The van der Waals surface area contributed by atoms with Crippen molar-refractivity contribution >= 4 is 5.97 Å². The van der Waals surface area contributed by atoms with Crippen molar-refractivity contribution in [2.75, 3.05) is 13.2 Å². The number of esters is 1. The van der Waals surface area contributed by atoms with E-state index in [0.29, 0.717) is 6.42 Å². The van der Waals surface area contributed by atoms with E-state index in [1.165, 1.54) is 89.9 Å². The first-order chi connectivity index (χ1) is 16.9.